The molecule has 0 aromatic carbocycles. The van der Waals surface area contributed by atoms with Gasteiger partial charge >= 0.3 is 0 Å². The zero-order valence-corrected chi connectivity index (χ0v) is 48.0. The van der Waals surface area contributed by atoms with Crippen molar-refractivity contribution >= 4 is 11.8 Å². The molecule has 15 unspecified atom stereocenters. The maximum Gasteiger partial charge on any atom is 0.249 e. The third kappa shape index (κ3) is 29.8. The predicted molar refractivity (Wildman–Crippen MR) is 296 cm³/mol. The molecule has 0 aromatic rings. The number of unbranched alkanes of at least 4 members (excludes halogenated alkanes) is 29. The highest BCUT2D eigenvalue weighted by Crippen LogP contribution is 2.30. The second kappa shape index (κ2) is 44.1. The van der Waals surface area contributed by atoms with Gasteiger partial charge in [0.1, 0.15) is 61.0 Å². The van der Waals surface area contributed by atoms with Crippen molar-refractivity contribution in [3.05, 3.63) is 0 Å². The van der Waals surface area contributed by atoms with Crippen molar-refractivity contribution in [1.29, 1.82) is 0 Å². The molecule has 76 heavy (non-hydrogen) atoms. The quantitative estimate of drug-likeness (QED) is 0.0261. The molecule has 11 N–H and O–H groups in total. The van der Waals surface area contributed by atoms with Gasteiger partial charge in [-0.25, -0.2) is 0 Å². The van der Waals surface area contributed by atoms with Crippen LogP contribution in [0.2, 0.25) is 0 Å². The molecule has 0 aromatic heterocycles. The minimum Gasteiger partial charge on any atom is -0.394 e. The summed E-state index contributed by atoms with van der Waals surface area (Å²) in [6, 6.07) is -2.67. The highest BCUT2D eigenvalue weighted by atomic mass is 16.7. The van der Waals surface area contributed by atoms with Crippen molar-refractivity contribution in [2.75, 3.05) is 19.8 Å². The summed E-state index contributed by atoms with van der Waals surface area (Å²) in [6.07, 6.45) is 21.5. The number of amides is 2. The molecular formula is C59H114N2O15. The molecule has 0 aliphatic carbocycles. The summed E-state index contributed by atoms with van der Waals surface area (Å²) in [7, 11) is 0. The van der Waals surface area contributed by atoms with Gasteiger partial charge in [0.2, 0.25) is 11.8 Å². The Morgan fingerprint density at radius 2 is 0.947 bits per heavy atom. The molecule has 0 bridgehead atoms. The van der Waals surface area contributed by atoms with Crippen LogP contribution >= 0.6 is 0 Å². The molecule has 17 heteroatoms. The molecule has 2 aliphatic heterocycles. The maximum atomic E-state index is 13.4. The zero-order chi connectivity index (χ0) is 55.9. The van der Waals surface area contributed by atoms with Crippen LogP contribution in [0.3, 0.4) is 0 Å². The Hall–Kier alpha value is -1.58. The van der Waals surface area contributed by atoms with E-state index in [4.69, 9.17) is 18.9 Å². The Labute approximate surface area is 459 Å². The number of aliphatic hydroxyl groups excluding tert-OH is 9. The minimum atomic E-state index is -1.86. The summed E-state index contributed by atoms with van der Waals surface area (Å²) < 4.78 is 23.2. The van der Waals surface area contributed by atoms with Crippen LogP contribution in [-0.2, 0) is 28.5 Å². The number of hydrogen-bond donors (Lipinski definition) is 11. The third-order valence-electron chi connectivity index (χ3n) is 16.0. The van der Waals surface area contributed by atoms with Crippen molar-refractivity contribution in [1.82, 2.24) is 10.6 Å². The SMILES string of the molecule is CCCCCCCCCCCCCCCCCCCCCCC(O)C(=O)NC(COC1OC(CO)C(OC2OC(CO)C(O)C(O)C2NC(C)=O)C(O)C1O)C(O)C(O)CCCCCCCCCCCCCC(C)CC. The predicted octanol–water partition coefficient (Wildman–Crippen LogP) is 7.67. The molecule has 2 amide bonds. The average Bonchev–Trinajstić information content (AvgIpc) is 3.41. The number of carbonyl (C=O) groups excluding carboxylic acids is 2. The number of hydrogen-bond acceptors (Lipinski definition) is 15. The molecular weight excluding hydrogens is 977 g/mol. The number of ether oxygens (including phenoxy) is 4. The van der Waals surface area contributed by atoms with Gasteiger partial charge in [-0.1, -0.05) is 233 Å². The molecule has 15 atom stereocenters. The molecule has 2 fully saturated rings. The highest BCUT2D eigenvalue weighted by Gasteiger charge is 2.51. The van der Waals surface area contributed by atoms with Crippen LogP contribution in [0.15, 0.2) is 0 Å². The molecule has 0 spiro atoms. The Kier molecular flexibility index (Phi) is 40.9. The molecule has 2 saturated heterocycles. The van der Waals surface area contributed by atoms with Gasteiger partial charge in [-0.2, -0.15) is 0 Å². The fraction of sp³-hybridized carbons (Fsp3) is 0.966. The van der Waals surface area contributed by atoms with E-state index < -0.39 is 117 Å². The van der Waals surface area contributed by atoms with E-state index in [1.807, 2.05) is 0 Å². The lowest BCUT2D eigenvalue weighted by Gasteiger charge is -2.47. The fourth-order valence-electron chi connectivity index (χ4n) is 10.6. The van der Waals surface area contributed by atoms with Crippen molar-refractivity contribution in [3.8, 4) is 0 Å². The first kappa shape index (κ1) is 70.5. The van der Waals surface area contributed by atoms with E-state index in [0.717, 1.165) is 57.8 Å². The first-order valence-electron chi connectivity index (χ1n) is 30.8. The molecule has 450 valence electrons. The second-order valence-corrected chi connectivity index (χ2v) is 22.7. The molecule has 2 heterocycles. The Balaban J connectivity index is 1.88. The van der Waals surface area contributed by atoms with Gasteiger partial charge in [-0.05, 0) is 18.8 Å². The largest absolute Gasteiger partial charge is 0.394 e. The fourth-order valence-corrected chi connectivity index (χ4v) is 10.6. The summed E-state index contributed by atoms with van der Waals surface area (Å²) in [4.78, 5) is 25.4. The van der Waals surface area contributed by atoms with Gasteiger partial charge in [-0.15, -0.1) is 0 Å². The normalized spacial score (nSPS) is 26.0. The summed E-state index contributed by atoms with van der Waals surface area (Å²) in [6.45, 7) is 5.94. The van der Waals surface area contributed by atoms with Crippen LogP contribution in [0.1, 0.15) is 252 Å². The van der Waals surface area contributed by atoms with Crippen molar-refractivity contribution in [2.45, 2.75) is 338 Å². The molecule has 17 nitrogen and oxygen atoms in total. The first-order valence-corrected chi connectivity index (χ1v) is 30.8. The van der Waals surface area contributed by atoms with E-state index in [2.05, 4.69) is 31.4 Å². The van der Waals surface area contributed by atoms with Crippen LogP contribution in [0.4, 0.5) is 0 Å². The smallest absolute Gasteiger partial charge is 0.249 e. The summed E-state index contributed by atoms with van der Waals surface area (Å²) in [5.41, 5.74) is 0. The Bertz CT molecular complexity index is 1400. The van der Waals surface area contributed by atoms with Crippen molar-refractivity contribution < 1.29 is 74.5 Å². The lowest BCUT2D eigenvalue weighted by atomic mass is 9.95. The van der Waals surface area contributed by atoms with Crippen LogP contribution in [0, 0.1) is 5.92 Å². The molecule has 0 radical (unpaired) electrons. The number of carbonyl (C=O) groups is 2. The monoisotopic (exact) mass is 1090 g/mol. The highest BCUT2D eigenvalue weighted by molar-refractivity contribution is 5.80. The summed E-state index contributed by atoms with van der Waals surface area (Å²) in [5, 5.41) is 102. The molecule has 2 aliphatic rings. The minimum absolute atomic E-state index is 0.203. The lowest BCUT2D eigenvalue weighted by molar-refractivity contribution is -0.347. The van der Waals surface area contributed by atoms with Crippen LogP contribution in [0.25, 0.3) is 0 Å². The van der Waals surface area contributed by atoms with Gasteiger partial charge < -0.3 is 75.5 Å². The third-order valence-corrected chi connectivity index (χ3v) is 16.0. The topological polar surface area (TPSA) is 277 Å². The van der Waals surface area contributed by atoms with Gasteiger partial charge in [0.15, 0.2) is 12.6 Å². The number of rotatable bonds is 48. The Morgan fingerprint density at radius 1 is 0.526 bits per heavy atom. The lowest BCUT2D eigenvalue weighted by Crippen LogP contribution is -2.67. The van der Waals surface area contributed by atoms with E-state index in [0.29, 0.717) is 12.8 Å². The van der Waals surface area contributed by atoms with Gasteiger partial charge in [-0.3, -0.25) is 9.59 Å². The zero-order valence-electron chi connectivity index (χ0n) is 48.0. The van der Waals surface area contributed by atoms with Gasteiger partial charge in [0.25, 0.3) is 0 Å². The number of nitrogens with one attached hydrogen (secondary N) is 2. The van der Waals surface area contributed by atoms with Crippen LogP contribution < -0.4 is 10.6 Å². The van der Waals surface area contributed by atoms with Gasteiger partial charge in [0, 0.05) is 6.92 Å². The first-order chi connectivity index (χ1) is 36.7. The standard InChI is InChI=1S/C59H114N2O15/c1-5-7-8-9-10-11-12-13-14-15-16-17-18-19-20-23-27-30-33-36-39-47(66)57(72)61-45(51(67)46(65)38-35-32-29-26-24-21-22-25-28-31-34-37-43(3)6-2)42-73-59-55(71)54(70)56(49(41-63)75-59)76-58-50(60-44(4)64)53(69)52(68)48(40-62)74-58/h43,45-56,58-59,62-63,65-71H,5-42H2,1-4H3,(H,60,64)(H,61,72). The van der Waals surface area contributed by atoms with E-state index in [1.165, 1.54) is 154 Å². The van der Waals surface area contributed by atoms with Crippen molar-refractivity contribution in [3.63, 3.8) is 0 Å². The van der Waals surface area contributed by atoms with E-state index in [-0.39, 0.29) is 12.8 Å². The Morgan fingerprint density at radius 3 is 1.38 bits per heavy atom. The van der Waals surface area contributed by atoms with E-state index in [1.54, 1.807) is 0 Å². The van der Waals surface area contributed by atoms with E-state index in [9.17, 15) is 55.5 Å². The maximum absolute atomic E-state index is 13.4. The van der Waals surface area contributed by atoms with Gasteiger partial charge in [0.05, 0.1) is 32.0 Å². The molecule has 2 rings (SSSR count). The van der Waals surface area contributed by atoms with Crippen LogP contribution in [0.5, 0.6) is 0 Å². The summed E-state index contributed by atoms with van der Waals surface area (Å²) >= 11 is 0. The second-order valence-electron chi connectivity index (χ2n) is 22.7. The van der Waals surface area contributed by atoms with E-state index >= 15 is 0 Å². The summed E-state index contributed by atoms with van der Waals surface area (Å²) in [5.74, 6) is -0.560. The molecule has 0 saturated carbocycles. The average molecular weight is 1090 g/mol. The number of aliphatic hydroxyl groups is 9. The van der Waals surface area contributed by atoms with Crippen molar-refractivity contribution in [2.24, 2.45) is 5.92 Å². The van der Waals surface area contributed by atoms with Crippen LogP contribution in [-0.4, -0.2) is 163 Å².